The van der Waals surface area contributed by atoms with Gasteiger partial charge in [-0.25, -0.2) is 23.5 Å². The highest BCUT2D eigenvalue weighted by atomic mass is 35.5. The molecule has 0 spiro atoms. The standard InChI is InChI=1S/C18H16ClF2N5O3S/c1-10-12(5-11-3-4-24-17(16(11)21)26-30(27,28)22-2)7-23-9-15(10)29-18-14(20)6-13(19)8-25-18/h3-4,6-9,22H,5H2,1-2H3,(H,24,26). The van der Waals surface area contributed by atoms with Gasteiger partial charge in [-0.05, 0) is 35.7 Å². The first-order valence-electron chi connectivity index (χ1n) is 8.47. The Hall–Kier alpha value is -2.89. The van der Waals surface area contributed by atoms with Crippen LogP contribution in [-0.2, 0) is 16.6 Å². The minimum atomic E-state index is -3.93. The maximum Gasteiger partial charge on any atom is 0.300 e. The van der Waals surface area contributed by atoms with E-state index < -0.39 is 27.7 Å². The van der Waals surface area contributed by atoms with E-state index in [1.54, 1.807) is 6.92 Å². The number of ether oxygens (including phenoxy) is 1. The van der Waals surface area contributed by atoms with Crippen molar-refractivity contribution in [3.8, 4) is 11.6 Å². The summed E-state index contributed by atoms with van der Waals surface area (Å²) in [6, 6.07) is 2.48. The molecule has 2 N–H and O–H groups in total. The molecule has 3 rings (SSSR count). The minimum absolute atomic E-state index is 0.0647. The van der Waals surface area contributed by atoms with E-state index in [1.165, 1.54) is 37.9 Å². The molecule has 0 atom stereocenters. The molecule has 8 nitrogen and oxygen atoms in total. The number of hydrogen-bond acceptors (Lipinski definition) is 6. The molecular weight excluding hydrogens is 440 g/mol. The van der Waals surface area contributed by atoms with Crippen molar-refractivity contribution in [3.63, 3.8) is 0 Å². The first-order valence-corrected chi connectivity index (χ1v) is 10.3. The summed E-state index contributed by atoms with van der Waals surface area (Å²) >= 11 is 5.69. The van der Waals surface area contributed by atoms with Crippen LogP contribution in [0.25, 0.3) is 0 Å². The molecule has 0 amide bonds. The molecule has 0 unspecified atom stereocenters. The van der Waals surface area contributed by atoms with Crippen LogP contribution in [-0.4, -0.2) is 30.4 Å². The van der Waals surface area contributed by atoms with E-state index in [1.807, 2.05) is 9.44 Å². The molecule has 0 aliphatic rings. The fourth-order valence-corrected chi connectivity index (χ4v) is 3.13. The van der Waals surface area contributed by atoms with Crippen LogP contribution in [0.5, 0.6) is 11.6 Å². The van der Waals surface area contributed by atoms with E-state index in [2.05, 4.69) is 15.0 Å². The molecule has 0 saturated heterocycles. The number of anilines is 1. The zero-order valence-electron chi connectivity index (χ0n) is 15.8. The number of halogens is 3. The molecule has 0 aliphatic carbocycles. The van der Waals surface area contributed by atoms with Crippen molar-refractivity contribution in [2.45, 2.75) is 13.3 Å². The number of aromatic nitrogens is 3. The highest BCUT2D eigenvalue weighted by molar-refractivity contribution is 7.90. The van der Waals surface area contributed by atoms with Crippen molar-refractivity contribution in [1.82, 2.24) is 19.7 Å². The van der Waals surface area contributed by atoms with Gasteiger partial charge in [0, 0.05) is 32.1 Å². The monoisotopic (exact) mass is 455 g/mol. The Kier molecular flexibility index (Phi) is 6.44. The van der Waals surface area contributed by atoms with E-state index in [-0.39, 0.29) is 28.6 Å². The van der Waals surface area contributed by atoms with Crippen LogP contribution in [0.3, 0.4) is 0 Å². The maximum atomic E-state index is 14.8. The fourth-order valence-electron chi connectivity index (χ4n) is 2.48. The Morgan fingerprint density at radius 1 is 1.17 bits per heavy atom. The molecule has 12 heteroatoms. The second-order valence-corrected chi connectivity index (χ2v) is 8.14. The van der Waals surface area contributed by atoms with Gasteiger partial charge in [-0.1, -0.05) is 11.6 Å². The number of hydrogen-bond donors (Lipinski definition) is 2. The van der Waals surface area contributed by atoms with Gasteiger partial charge in [0.15, 0.2) is 23.2 Å². The quantitative estimate of drug-likeness (QED) is 0.565. The number of pyridine rings is 3. The fraction of sp³-hybridized carbons (Fsp3) is 0.167. The highest BCUT2D eigenvalue weighted by Gasteiger charge is 2.17. The van der Waals surface area contributed by atoms with Crippen molar-refractivity contribution in [2.24, 2.45) is 0 Å². The molecule has 0 saturated carbocycles. The number of nitrogens with zero attached hydrogens (tertiary/aromatic N) is 3. The maximum absolute atomic E-state index is 14.8. The summed E-state index contributed by atoms with van der Waals surface area (Å²) < 4.78 is 61.5. The van der Waals surface area contributed by atoms with Gasteiger partial charge in [-0.15, -0.1) is 0 Å². The average Bonchev–Trinajstić information content (AvgIpc) is 2.69. The normalized spacial score (nSPS) is 11.4. The highest BCUT2D eigenvalue weighted by Crippen LogP contribution is 2.29. The molecule has 0 aromatic carbocycles. The SMILES string of the molecule is CNS(=O)(=O)Nc1nccc(Cc2cncc(Oc3ncc(Cl)cc3F)c2C)c1F. The zero-order chi connectivity index (χ0) is 21.9. The molecule has 30 heavy (non-hydrogen) atoms. The van der Waals surface area contributed by atoms with Crippen molar-refractivity contribution in [1.29, 1.82) is 0 Å². The largest absolute Gasteiger partial charge is 0.435 e. The van der Waals surface area contributed by atoms with Crippen molar-refractivity contribution < 1.29 is 21.9 Å². The van der Waals surface area contributed by atoms with Crippen LogP contribution >= 0.6 is 11.6 Å². The minimum Gasteiger partial charge on any atom is -0.435 e. The summed E-state index contributed by atoms with van der Waals surface area (Å²) in [6.07, 6.45) is 5.47. The van der Waals surface area contributed by atoms with Crippen molar-refractivity contribution in [3.05, 3.63) is 70.3 Å². The molecular formula is C18H16ClF2N5O3S. The Morgan fingerprint density at radius 2 is 1.93 bits per heavy atom. The van der Waals surface area contributed by atoms with Gasteiger partial charge in [0.2, 0.25) is 0 Å². The number of nitrogens with one attached hydrogen (secondary N) is 2. The van der Waals surface area contributed by atoms with Gasteiger partial charge >= 0.3 is 0 Å². The van der Waals surface area contributed by atoms with Gasteiger partial charge in [-0.2, -0.15) is 8.42 Å². The molecule has 3 heterocycles. The molecule has 0 radical (unpaired) electrons. The first kappa shape index (κ1) is 21.8. The van der Waals surface area contributed by atoms with Crippen LogP contribution in [0, 0.1) is 18.6 Å². The molecule has 3 aromatic rings. The summed E-state index contributed by atoms with van der Waals surface area (Å²) in [5.41, 5.74) is 1.33. The van der Waals surface area contributed by atoms with Gasteiger partial charge < -0.3 is 4.74 Å². The summed E-state index contributed by atoms with van der Waals surface area (Å²) in [7, 11) is -2.74. The predicted octanol–water partition coefficient (Wildman–Crippen LogP) is 3.37. The van der Waals surface area contributed by atoms with Crippen LogP contribution in [0.1, 0.15) is 16.7 Å². The zero-order valence-corrected chi connectivity index (χ0v) is 17.4. The van der Waals surface area contributed by atoms with Crippen molar-refractivity contribution in [2.75, 3.05) is 11.8 Å². The first-order chi connectivity index (χ1) is 14.2. The second kappa shape index (κ2) is 8.86. The van der Waals surface area contributed by atoms with Crippen LogP contribution in [0.2, 0.25) is 5.02 Å². The van der Waals surface area contributed by atoms with Crippen LogP contribution in [0.15, 0.2) is 36.9 Å². The predicted molar refractivity (Wildman–Crippen MR) is 107 cm³/mol. The van der Waals surface area contributed by atoms with E-state index in [9.17, 15) is 17.2 Å². The van der Waals surface area contributed by atoms with E-state index in [0.717, 1.165) is 6.07 Å². The van der Waals surface area contributed by atoms with Crippen LogP contribution < -0.4 is 14.2 Å². The van der Waals surface area contributed by atoms with Gasteiger partial charge in [0.25, 0.3) is 16.1 Å². The Morgan fingerprint density at radius 3 is 2.63 bits per heavy atom. The number of rotatable bonds is 7. The van der Waals surface area contributed by atoms with Gasteiger partial charge in [0.05, 0.1) is 11.2 Å². The lowest BCUT2D eigenvalue weighted by Crippen LogP contribution is -2.27. The van der Waals surface area contributed by atoms with E-state index in [4.69, 9.17) is 16.3 Å². The molecule has 158 valence electrons. The van der Waals surface area contributed by atoms with Gasteiger partial charge in [0.1, 0.15) is 0 Å². The average molecular weight is 456 g/mol. The van der Waals surface area contributed by atoms with E-state index >= 15 is 0 Å². The lowest BCUT2D eigenvalue weighted by atomic mass is 10.0. The topological polar surface area (TPSA) is 106 Å². The summed E-state index contributed by atoms with van der Waals surface area (Å²) in [5.74, 6) is -2.05. The molecule has 0 aliphatic heterocycles. The smallest absolute Gasteiger partial charge is 0.300 e. The summed E-state index contributed by atoms with van der Waals surface area (Å²) in [6.45, 7) is 1.70. The summed E-state index contributed by atoms with van der Waals surface area (Å²) in [4.78, 5) is 11.6. The third-order valence-electron chi connectivity index (χ3n) is 4.10. The third kappa shape index (κ3) is 4.99. The molecule has 0 bridgehead atoms. The summed E-state index contributed by atoms with van der Waals surface area (Å²) in [5, 5.41) is 0.126. The van der Waals surface area contributed by atoms with Gasteiger partial charge in [-0.3, -0.25) is 9.71 Å². The second-order valence-electron chi connectivity index (χ2n) is 6.08. The third-order valence-corrected chi connectivity index (χ3v) is 5.31. The van der Waals surface area contributed by atoms with Crippen LogP contribution in [0.4, 0.5) is 14.6 Å². The molecule has 3 aromatic heterocycles. The lowest BCUT2D eigenvalue weighted by Gasteiger charge is -2.13. The Balaban J connectivity index is 1.89. The Labute approximate surface area is 176 Å². The van der Waals surface area contributed by atoms with Crippen molar-refractivity contribution >= 4 is 27.6 Å². The lowest BCUT2D eigenvalue weighted by molar-refractivity contribution is 0.418. The Bertz CT molecular complexity index is 1190. The molecule has 0 fully saturated rings. The van der Waals surface area contributed by atoms with E-state index in [0.29, 0.717) is 11.1 Å².